The third kappa shape index (κ3) is 4.23. The molecule has 1 amide bonds. The number of likely N-dealkylation sites (tertiary alicyclic amines) is 1. The van der Waals surface area contributed by atoms with Crippen molar-refractivity contribution in [3.63, 3.8) is 0 Å². The Hall–Kier alpha value is -1.55. The van der Waals surface area contributed by atoms with Gasteiger partial charge in [0.15, 0.2) is 0 Å². The smallest absolute Gasteiger partial charge is 0.225 e. The first kappa shape index (κ1) is 15.3. The third-order valence-corrected chi connectivity index (χ3v) is 4.73. The molecule has 2 heterocycles. The van der Waals surface area contributed by atoms with Crippen molar-refractivity contribution in [1.82, 2.24) is 4.90 Å². The fourth-order valence-corrected chi connectivity index (χ4v) is 3.40. The predicted octanol–water partition coefficient (Wildman–Crippen LogP) is 3.10. The molecule has 1 N–H and O–H groups in total. The second-order valence-corrected chi connectivity index (χ2v) is 6.44. The molecule has 2 fully saturated rings. The van der Waals surface area contributed by atoms with Gasteiger partial charge in [-0.15, -0.1) is 0 Å². The van der Waals surface area contributed by atoms with E-state index in [4.69, 9.17) is 0 Å². The summed E-state index contributed by atoms with van der Waals surface area (Å²) in [7, 11) is 0. The predicted molar refractivity (Wildman–Crippen MR) is 91.4 cm³/mol. The van der Waals surface area contributed by atoms with Gasteiger partial charge in [-0.25, -0.2) is 0 Å². The van der Waals surface area contributed by atoms with E-state index in [0.29, 0.717) is 6.42 Å². The standard InChI is InChI=1S/C18H27N3O/c22-18(10-15-20-11-2-1-3-12-20)19-16-6-8-17(9-7-16)21-13-4-5-14-21/h6-9H,1-5,10-15H2,(H,19,22). The molecule has 4 nitrogen and oxygen atoms in total. The van der Waals surface area contributed by atoms with E-state index in [0.717, 1.165) is 38.4 Å². The first-order valence-electron chi connectivity index (χ1n) is 8.68. The van der Waals surface area contributed by atoms with Gasteiger partial charge in [-0.2, -0.15) is 0 Å². The number of benzene rings is 1. The molecular formula is C18H27N3O. The number of rotatable bonds is 5. The molecule has 120 valence electrons. The molecule has 0 unspecified atom stereocenters. The number of nitrogens with zero attached hydrogens (tertiary/aromatic N) is 2. The average molecular weight is 301 g/mol. The molecule has 0 bridgehead atoms. The fraction of sp³-hybridized carbons (Fsp3) is 0.611. The number of hydrogen-bond donors (Lipinski definition) is 1. The van der Waals surface area contributed by atoms with Crippen LogP contribution in [0.5, 0.6) is 0 Å². The lowest BCUT2D eigenvalue weighted by molar-refractivity contribution is -0.116. The summed E-state index contributed by atoms with van der Waals surface area (Å²) in [6, 6.07) is 8.27. The van der Waals surface area contributed by atoms with E-state index in [1.807, 2.05) is 12.1 Å². The average Bonchev–Trinajstić information content (AvgIpc) is 3.09. The molecule has 0 aromatic heterocycles. The molecule has 0 atom stereocenters. The van der Waals surface area contributed by atoms with Crippen LogP contribution >= 0.6 is 0 Å². The van der Waals surface area contributed by atoms with Crippen LogP contribution in [-0.4, -0.2) is 43.5 Å². The summed E-state index contributed by atoms with van der Waals surface area (Å²) in [5, 5.41) is 3.02. The molecule has 0 radical (unpaired) electrons. The summed E-state index contributed by atoms with van der Waals surface area (Å²) < 4.78 is 0. The molecule has 3 rings (SSSR count). The Bertz CT molecular complexity index is 474. The maximum absolute atomic E-state index is 12.0. The number of carbonyl (C=O) groups excluding carboxylic acids is 1. The highest BCUT2D eigenvalue weighted by Crippen LogP contribution is 2.22. The number of amides is 1. The Morgan fingerprint density at radius 2 is 1.55 bits per heavy atom. The van der Waals surface area contributed by atoms with Crippen LogP contribution in [0.2, 0.25) is 0 Å². The van der Waals surface area contributed by atoms with Crippen molar-refractivity contribution in [3.05, 3.63) is 24.3 Å². The molecule has 2 saturated heterocycles. The van der Waals surface area contributed by atoms with Gasteiger partial charge < -0.3 is 15.1 Å². The van der Waals surface area contributed by atoms with Crippen LogP contribution in [0.15, 0.2) is 24.3 Å². The van der Waals surface area contributed by atoms with Crippen LogP contribution in [0, 0.1) is 0 Å². The van der Waals surface area contributed by atoms with E-state index < -0.39 is 0 Å². The molecular weight excluding hydrogens is 274 g/mol. The highest BCUT2D eigenvalue weighted by molar-refractivity contribution is 5.91. The van der Waals surface area contributed by atoms with E-state index in [9.17, 15) is 4.79 Å². The van der Waals surface area contributed by atoms with E-state index in [1.54, 1.807) is 0 Å². The van der Waals surface area contributed by atoms with E-state index in [2.05, 4.69) is 27.2 Å². The highest BCUT2D eigenvalue weighted by atomic mass is 16.1. The lowest BCUT2D eigenvalue weighted by Gasteiger charge is -2.26. The zero-order valence-corrected chi connectivity index (χ0v) is 13.4. The zero-order valence-electron chi connectivity index (χ0n) is 13.4. The van der Waals surface area contributed by atoms with Crippen molar-refractivity contribution in [2.24, 2.45) is 0 Å². The lowest BCUT2D eigenvalue weighted by atomic mass is 10.1. The Morgan fingerprint density at radius 1 is 0.909 bits per heavy atom. The Labute approximate surface area is 133 Å². The van der Waals surface area contributed by atoms with Crippen molar-refractivity contribution in [3.8, 4) is 0 Å². The van der Waals surface area contributed by atoms with Gasteiger partial charge in [0, 0.05) is 37.4 Å². The van der Waals surface area contributed by atoms with Crippen LogP contribution in [0.1, 0.15) is 38.5 Å². The monoisotopic (exact) mass is 301 g/mol. The minimum atomic E-state index is 0.125. The van der Waals surface area contributed by atoms with Crippen LogP contribution in [-0.2, 0) is 4.79 Å². The molecule has 22 heavy (non-hydrogen) atoms. The zero-order chi connectivity index (χ0) is 15.2. The number of hydrogen-bond acceptors (Lipinski definition) is 3. The summed E-state index contributed by atoms with van der Waals surface area (Å²) in [6.45, 7) is 5.50. The summed E-state index contributed by atoms with van der Waals surface area (Å²) in [5.74, 6) is 0.125. The second-order valence-electron chi connectivity index (χ2n) is 6.44. The number of piperidine rings is 1. The molecule has 0 saturated carbocycles. The molecule has 2 aliphatic rings. The molecule has 4 heteroatoms. The molecule has 1 aromatic rings. The van der Waals surface area contributed by atoms with Gasteiger partial charge in [0.05, 0.1) is 0 Å². The Morgan fingerprint density at radius 3 is 2.23 bits per heavy atom. The molecule has 0 aliphatic carbocycles. The SMILES string of the molecule is O=C(CCN1CCCCC1)Nc1ccc(N2CCCC2)cc1. The minimum absolute atomic E-state index is 0.125. The minimum Gasteiger partial charge on any atom is -0.372 e. The summed E-state index contributed by atoms with van der Waals surface area (Å²) in [6.07, 6.45) is 7.06. The second kappa shape index (κ2) is 7.63. The maximum atomic E-state index is 12.0. The van der Waals surface area contributed by atoms with Gasteiger partial charge in [-0.1, -0.05) is 6.42 Å². The van der Waals surface area contributed by atoms with Crippen LogP contribution in [0.4, 0.5) is 11.4 Å². The Balaban J connectivity index is 1.44. The molecule has 0 spiro atoms. The molecule has 1 aromatic carbocycles. The fourth-order valence-electron chi connectivity index (χ4n) is 3.40. The van der Waals surface area contributed by atoms with Crippen molar-refractivity contribution in [2.45, 2.75) is 38.5 Å². The largest absolute Gasteiger partial charge is 0.372 e. The van der Waals surface area contributed by atoms with E-state index in [1.165, 1.54) is 37.8 Å². The lowest BCUT2D eigenvalue weighted by Crippen LogP contribution is -2.32. The normalized spacial score (nSPS) is 19.4. The number of nitrogens with one attached hydrogen (secondary N) is 1. The van der Waals surface area contributed by atoms with E-state index >= 15 is 0 Å². The van der Waals surface area contributed by atoms with Crippen molar-refractivity contribution in [1.29, 1.82) is 0 Å². The van der Waals surface area contributed by atoms with Gasteiger partial charge in [0.2, 0.25) is 5.91 Å². The van der Waals surface area contributed by atoms with Gasteiger partial charge >= 0.3 is 0 Å². The van der Waals surface area contributed by atoms with Gasteiger partial charge in [-0.05, 0) is 63.0 Å². The van der Waals surface area contributed by atoms with Crippen molar-refractivity contribution >= 4 is 17.3 Å². The summed E-state index contributed by atoms with van der Waals surface area (Å²) in [5.41, 5.74) is 2.18. The van der Waals surface area contributed by atoms with Crippen LogP contribution in [0.3, 0.4) is 0 Å². The van der Waals surface area contributed by atoms with Crippen molar-refractivity contribution < 1.29 is 4.79 Å². The first-order chi connectivity index (χ1) is 10.8. The number of anilines is 2. The quantitative estimate of drug-likeness (QED) is 0.908. The summed E-state index contributed by atoms with van der Waals surface area (Å²) in [4.78, 5) is 16.9. The highest BCUT2D eigenvalue weighted by Gasteiger charge is 2.13. The molecule has 2 aliphatic heterocycles. The van der Waals surface area contributed by atoms with E-state index in [-0.39, 0.29) is 5.91 Å². The first-order valence-corrected chi connectivity index (χ1v) is 8.68. The summed E-state index contributed by atoms with van der Waals surface area (Å²) >= 11 is 0. The maximum Gasteiger partial charge on any atom is 0.225 e. The Kier molecular flexibility index (Phi) is 5.33. The van der Waals surface area contributed by atoms with Gasteiger partial charge in [-0.3, -0.25) is 4.79 Å². The van der Waals surface area contributed by atoms with Crippen LogP contribution < -0.4 is 10.2 Å². The number of carbonyl (C=O) groups is 1. The van der Waals surface area contributed by atoms with Gasteiger partial charge in [0.25, 0.3) is 0 Å². The van der Waals surface area contributed by atoms with Gasteiger partial charge in [0.1, 0.15) is 0 Å². The topological polar surface area (TPSA) is 35.6 Å². The third-order valence-electron chi connectivity index (χ3n) is 4.73. The van der Waals surface area contributed by atoms with Crippen molar-refractivity contribution in [2.75, 3.05) is 42.9 Å². The van der Waals surface area contributed by atoms with Crippen LogP contribution in [0.25, 0.3) is 0 Å².